The van der Waals surface area contributed by atoms with E-state index in [4.69, 9.17) is 11.6 Å². The van der Waals surface area contributed by atoms with Gasteiger partial charge in [-0.3, -0.25) is 0 Å². The molecule has 6 heteroatoms. The Bertz CT molecular complexity index is 433. The van der Waals surface area contributed by atoms with E-state index in [9.17, 15) is 8.42 Å². The number of nitrogens with zero attached hydrogens (tertiary/aromatic N) is 1. The van der Waals surface area contributed by atoms with Crippen LogP contribution in [0.25, 0.3) is 0 Å². The van der Waals surface area contributed by atoms with Crippen LogP contribution in [-0.2, 0) is 9.84 Å². The van der Waals surface area contributed by atoms with Gasteiger partial charge in [-0.05, 0) is 34.5 Å². The SMILES string of the molecule is Cc1cc(Br)cnc1S(=O)(=O)CCCl. The standard InChI is InChI=1S/C8H9BrClNO2S/c1-6-4-7(9)5-11-8(6)14(12,13)3-2-10/h4-5H,2-3H2,1H3. The lowest BCUT2D eigenvalue weighted by Gasteiger charge is -2.04. The third kappa shape index (κ3) is 2.68. The first-order chi connectivity index (χ1) is 6.47. The van der Waals surface area contributed by atoms with Crippen LogP contribution in [-0.4, -0.2) is 25.0 Å². The molecule has 0 fully saturated rings. The minimum absolute atomic E-state index is 0.0793. The van der Waals surface area contributed by atoms with E-state index in [0.717, 1.165) is 4.47 Å². The summed E-state index contributed by atoms with van der Waals surface area (Å²) < 4.78 is 24.0. The van der Waals surface area contributed by atoms with Gasteiger partial charge in [0.25, 0.3) is 0 Å². The summed E-state index contributed by atoms with van der Waals surface area (Å²) in [7, 11) is -3.32. The fraction of sp³-hybridized carbons (Fsp3) is 0.375. The van der Waals surface area contributed by atoms with Crippen molar-refractivity contribution in [2.24, 2.45) is 0 Å². The molecule has 0 radical (unpaired) electrons. The molecular weight excluding hydrogens is 290 g/mol. The Hall–Kier alpha value is -0.130. The maximum absolute atomic E-state index is 11.6. The molecule has 78 valence electrons. The highest BCUT2D eigenvalue weighted by Gasteiger charge is 2.17. The topological polar surface area (TPSA) is 47.0 Å². The summed E-state index contributed by atoms with van der Waals surface area (Å²) in [6.07, 6.45) is 1.47. The minimum atomic E-state index is -3.32. The maximum Gasteiger partial charge on any atom is 0.197 e. The molecule has 0 unspecified atom stereocenters. The third-order valence-electron chi connectivity index (χ3n) is 1.64. The average Bonchev–Trinajstić information content (AvgIpc) is 2.02. The molecule has 1 aromatic rings. The Morgan fingerprint density at radius 3 is 2.71 bits per heavy atom. The molecule has 0 amide bonds. The number of hydrogen-bond donors (Lipinski definition) is 0. The van der Waals surface area contributed by atoms with Crippen molar-refractivity contribution in [2.75, 3.05) is 11.6 Å². The molecule has 0 atom stereocenters. The minimum Gasteiger partial charge on any atom is -0.243 e. The van der Waals surface area contributed by atoms with Crippen LogP contribution in [0.2, 0.25) is 0 Å². The first-order valence-corrected chi connectivity index (χ1v) is 6.86. The second kappa shape index (κ2) is 4.59. The molecule has 0 saturated carbocycles. The van der Waals surface area contributed by atoms with Gasteiger partial charge in [0.2, 0.25) is 0 Å². The predicted octanol–water partition coefficient (Wildman–Crippen LogP) is 2.17. The Morgan fingerprint density at radius 2 is 2.21 bits per heavy atom. The van der Waals surface area contributed by atoms with E-state index >= 15 is 0 Å². The number of hydrogen-bond acceptors (Lipinski definition) is 3. The second-order valence-electron chi connectivity index (χ2n) is 2.78. The Labute approximate surface area is 96.5 Å². The van der Waals surface area contributed by atoms with Crippen LogP contribution >= 0.6 is 27.5 Å². The zero-order valence-corrected chi connectivity index (χ0v) is 10.7. The number of rotatable bonds is 3. The largest absolute Gasteiger partial charge is 0.243 e. The number of halogens is 2. The maximum atomic E-state index is 11.6. The predicted molar refractivity (Wildman–Crippen MR) is 59.4 cm³/mol. The van der Waals surface area contributed by atoms with Gasteiger partial charge in [-0.1, -0.05) is 0 Å². The van der Waals surface area contributed by atoms with Gasteiger partial charge in [-0.2, -0.15) is 0 Å². The summed E-state index contributed by atoms with van der Waals surface area (Å²) >= 11 is 8.62. The molecule has 0 bridgehead atoms. The van der Waals surface area contributed by atoms with Crippen LogP contribution in [0.15, 0.2) is 21.8 Å². The molecule has 0 aliphatic rings. The van der Waals surface area contributed by atoms with Gasteiger partial charge in [0.05, 0.1) is 5.75 Å². The molecule has 0 aliphatic carbocycles. The van der Waals surface area contributed by atoms with E-state index < -0.39 is 9.84 Å². The number of alkyl halides is 1. The van der Waals surface area contributed by atoms with Gasteiger partial charge in [0.15, 0.2) is 14.9 Å². The van der Waals surface area contributed by atoms with Crippen LogP contribution in [0, 0.1) is 6.92 Å². The van der Waals surface area contributed by atoms with Gasteiger partial charge in [-0.15, -0.1) is 11.6 Å². The van der Waals surface area contributed by atoms with Crippen molar-refractivity contribution in [1.82, 2.24) is 4.98 Å². The molecule has 0 N–H and O–H groups in total. The summed E-state index contributed by atoms with van der Waals surface area (Å²) in [5.74, 6) is 0.00352. The van der Waals surface area contributed by atoms with Crippen LogP contribution in [0.5, 0.6) is 0 Å². The molecule has 3 nitrogen and oxygen atoms in total. The first kappa shape index (κ1) is 11.9. The quantitative estimate of drug-likeness (QED) is 0.804. The van der Waals surface area contributed by atoms with E-state index in [0.29, 0.717) is 5.56 Å². The van der Waals surface area contributed by atoms with Crippen molar-refractivity contribution in [1.29, 1.82) is 0 Å². The Kier molecular flexibility index (Phi) is 3.92. The number of sulfone groups is 1. The Morgan fingerprint density at radius 1 is 1.57 bits per heavy atom. The van der Waals surface area contributed by atoms with Crippen molar-refractivity contribution in [3.05, 3.63) is 22.3 Å². The first-order valence-electron chi connectivity index (χ1n) is 3.88. The second-order valence-corrected chi connectivity index (χ2v) is 6.10. The molecular formula is C8H9BrClNO2S. The van der Waals surface area contributed by atoms with Crippen molar-refractivity contribution in [3.63, 3.8) is 0 Å². The molecule has 1 heterocycles. The summed E-state index contributed by atoms with van der Waals surface area (Å²) in [4.78, 5) is 3.87. The van der Waals surface area contributed by atoms with Gasteiger partial charge in [0.1, 0.15) is 0 Å². The third-order valence-corrected chi connectivity index (χ3v) is 4.24. The van der Waals surface area contributed by atoms with E-state index in [1.54, 1.807) is 13.0 Å². The molecule has 0 saturated heterocycles. The lowest BCUT2D eigenvalue weighted by molar-refractivity contribution is 0.593. The van der Waals surface area contributed by atoms with Crippen molar-refractivity contribution < 1.29 is 8.42 Å². The van der Waals surface area contributed by atoms with Crippen LogP contribution in [0.1, 0.15) is 5.56 Å². The summed E-state index contributed by atoms with van der Waals surface area (Å²) in [6.45, 7) is 1.71. The van der Waals surface area contributed by atoms with E-state index in [2.05, 4.69) is 20.9 Å². The highest BCUT2D eigenvalue weighted by atomic mass is 79.9. The molecule has 0 aromatic carbocycles. The van der Waals surface area contributed by atoms with Crippen molar-refractivity contribution in [3.8, 4) is 0 Å². The van der Waals surface area contributed by atoms with E-state index in [-0.39, 0.29) is 16.7 Å². The van der Waals surface area contributed by atoms with Gasteiger partial charge in [0, 0.05) is 16.5 Å². The zero-order chi connectivity index (χ0) is 10.8. The normalized spacial score (nSPS) is 11.6. The molecule has 1 rings (SSSR count). The van der Waals surface area contributed by atoms with Crippen molar-refractivity contribution >= 4 is 37.4 Å². The van der Waals surface area contributed by atoms with E-state index in [1.165, 1.54) is 6.20 Å². The Balaban J connectivity index is 3.20. The number of aromatic nitrogens is 1. The van der Waals surface area contributed by atoms with Crippen molar-refractivity contribution in [2.45, 2.75) is 11.9 Å². The molecule has 0 spiro atoms. The number of aryl methyl sites for hydroxylation is 1. The van der Waals surface area contributed by atoms with Gasteiger partial charge < -0.3 is 0 Å². The summed E-state index contributed by atoms with van der Waals surface area (Å²) in [5, 5.41) is 0.112. The fourth-order valence-corrected chi connectivity index (χ4v) is 3.27. The zero-order valence-electron chi connectivity index (χ0n) is 7.50. The van der Waals surface area contributed by atoms with E-state index in [1.807, 2.05) is 0 Å². The average molecular weight is 299 g/mol. The summed E-state index contributed by atoms with van der Waals surface area (Å²) in [6, 6.07) is 1.72. The lowest BCUT2D eigenvalue weighted by atomic mass is 10.3. The molecule has 1 aromatic heterocycles. The van der Waals surface area contributed by atoms with Crippen LogP contribution < -0.4 is 0 Å². The lowest BCUT2D eigenvalue weighted by Crippen LogP contribution is -2.11. The van der Waals surface area contributed by atoms with Gasteiger partial charge in [-0.25, -0.2) is 13.4 Å². The monoisotopic (exact) mass is 297 g/mol. The summed E-state index contributed by atoms with van der Waals surface area (Å²) in [5.41, 5.74) is 0.629. The highest BCUT2D eigenvalue weighted by Crippen LogP contribution is 2.18. The number of pyridine rings is 1. The smallest absolute Gasteiger partial charge is 0.197 e. The van der Waals surface area contributed by atoms with Crippen LogP contribution in [0.3, 0.4) is 0 Å². The molecule has 14 heavy (non-hydrogen) atoms. The molecule has 0 aliphatic heterocycles. The van der Waals surface area contributed by atoms with Crippen LogP contribution in [0.4, 0.5) is 0 Å². The highest BCUT2D eigenvalue weighted by molar-refractivity contribution is 9.10. The van der Waals surface area contributed by atoms with Gasteiger partial charge >= 0.3 is 0 Å². The fourth-order valence-electron chi connectivity index (χ4n) is 1.05.